The van der Waals surface area contributed by atoms with Crippen LogP contribution in [0.2, 0.25) is 0 Å². The molecule has 1 amide bonds. The molecular weight excluding hydrogens is 216 g/mol. The first-order chi connectivity index (χ1) is 8.33. The fraction of sp³-hybridized carbons (Fsp3) is 0.583. The van der Waals surface area contributed by atoms with Crippen molar-refractivity contribution in [3.8, 4) is 0 Å². The number of anilines is 1. The number of carbonyl (C=O) groups excluding carboxylic acids is 1. The zero-order valence-electron chi connectivity index (χ0n) is 9.70. The number of aromatic nitrogens is 2. The Labute approximate surface area is 100 Å². The molecule has 1 aromatic rings. The van der Waals surface area contributed by atoms with E-state index in [1.54, 1.807) is 6.33 Å². The Morgan fingerprint density at radius 3 is 3.00 bits per heavy atom. The Bertz CT molecular complexity index is 446. The van der Waals surface area contributed by atoms with E-state index in [2.05, 4.69) is 20.6 Å². The van der Waals surface area contributed by atoms with Crippen molar-refractivity contribution in [2.75, 3.05) is 11.9 Å². The van der Waals surface area contributed by atoms with E-state index in [4.69, 9.17) is 0 Å². The zero-order valence-corrected chi connectivity index (χ0v) is 9.70. The van der Waals surface area contributed by atoms with Gasteiger partial charge in [-0.2, -0.15) is 0 Å². The van der Waals surface area contributed by atoms with Crippen LogP contribution in [0.15, 0.2) is 6.33 Å². The lowest BCUT2D eigenvalue weighted by Gasteiger charge is -2.20. The van der Waals surface area contributed by atoms with Crippen LogP contribution in [0.5, 0.6) is 0 Å². The van der Waals surface area contributed by atoms with Crippen LogP contribution in [-0.2, 0) is 17.6 Å². The van der Waals surface area contributed by atoms with Gasteiger partial charge in [0.1, 0.15) is 12.1 Å². The average Bonchev–Trinajstić information content (AvgIpc) is 2.75. The quantitative estimate of drug-likeness (QED) is 0.786. The summed E-state index contributed by atoms with van der Waals surface area (Å²) in [5, 5.41) is 6.19. The Morgan fingerprint density at radius 2 is 2.18 bits per heavy atom. The van der Waals surface area contributed by atoms with Gasteiger partial charge in [-0.15, -0.1) is 0 Å². The predicted molar refractivity (Wildman–Crippen MR) is 63.7 cm³/mol. The molecule has 0 aromatic carbocycles. The van der Waals surface area contributed by atoms with Crippen LogP contribution in [0.1, 0.15) is 30.5 Å². The topological polar surface area (TPSA) is 66.9 Å². The van der Waals surface area contributed by atoms with E-state index in [9.17, 15) is 4.79 Å². The Morgan fingerprint density at radius 1 is 1.29 bits per heavy atom. The van der Waals surface area contributed by atoms with Crippen LogP contribution in [0.4, 0.5) is 5.82 Å². The van der Waals surface area contributed by atoms with Crippen molar-refractivity contribution < 1.29 is 4.79 Å². The van der Waals surface area contributed by atoms with Gasteiger partial charge in [0.05, 0.1) is 6.04 Å². The number of aryl methyl sites for hydroxylation is 1. The van der Waals surface area contributed by atoms with Crippen LogP contribution >= 0.6 is 0 Å². The first-order valence-electron chi connectivity index (χ1n) is 6.19. The van der Waals surface area contributed by atoms with Crippen molar-refractivity contribution in [3.05, 3.63) is 17.6 Å². The molecule has 17 heavy (non-hydrogen) atoms. The lowest BCUT2D eigenvalue weighted by Crippen LogP contribution is -2.24. The molecule has 1 aromatic heterocycles. The Balaban J connectivity index is 1.80. The highest BCUT2D eigenvalue weighted by Crippen LogP contribution is 2.25. The molecule has 2 N–H and O–H groups in total. The molecule has 5 heteroatoms. The van der Waals surface area contributed by atoms with Crippen molar-refractivity contribution in [3.63, 3.8) is 0 Å². The van der Waals surface area contributed by atoms with Crippen molar-refractivity contribution >= 4 is 11.7 Å². The number of amides is 1. The smallest absolute Gasteiger partial charge is 0.222 e. The number of nitrogens with zero attached hydrogens (tertiary/aromatic N) is 2. The maximum Gasteiger partial charge on any atom is 0.222 e. The second-order valence-corrected chi connectivity index (χ2v) is 4.70. The van der Waals surface area contributed by atoms with E-state index in [0.717, 1.165) is 18.7 Å². The lowest BCUT2D eigenvalue weighted by atomic mass is 9.96. The molecule has 3 rings (SSSR count). The molecule has 0 radical (unpaired) electrons. The minimum Gasteiger partial charge on any atom is -0.365 e. The molecule has 1 unspecified atom stereocenters. The summed E-state index contributed by atoms with van der Waals surface area (Å²) >= 11 is 0. The maximum atomic E-state index is 11.1. The molecule has 1 aliphatic carbocycles. The van der Waals surface area contributed by atoms with E-state index >= 15 is 0 Å². The number of carbonyl (C=O) groups is 1. The minimum atomic E-state index is 0.116. The van der Waals surface area contributed by atoms with Gasteiger partial charge in [0.25, 0.3) is 0 Å². The third-order valence-corrected chi connectivity index (χ3v) is 3.44. The van der Waals surface area contributed by atoms with Gasteiger partial charge < -0.3 is 10.6 Å². The highest BCUT2D eigenvalue weighted by Gasteiger charge is 2.23. The van der Waals surface area contributed by atoms with E-state index in [-0.39, 0.29) is 11.9 Å². The number of nitrogens with one attached hydrogen (secondary N) is 2. The summed E-state index contributed by atoms with van der Waals surface area (Å²) in [6.07, 6.45) is 6.68. The summed E-state index contributed by atoms with van der Waals surface area (Å²) in [5.41, 5.74) is 2.42. The molecular formula is C12H16N4O. The highest BCUT2D eigenvalue weighted by molar-refractivity contribution is 5.79. The lowest BCUT2D eigenvalue weighted by molar-refractivity contribution is -0.119. The standard InChI is InChI=1S/C12H16N4O/c17-11-5-8(6-13-11)16-12-9-3-1-2-4-10(9)14-7-15-12/h7-8H,1-6H2,(H,13,17)(H,14,15,16). The Hall–Kier alpha value is -1.65. The third kappa shape index (κ3) is 2.09. The second kappa shape index (κ2) is 4.31. The van der Waals surface area contributed by atoms with Crippen molar-refractivity contribution in [2.45, 2.75) is 38.1 Å². The minimum absolute atomic E-state index is 0.116. The predicted octanol–water partition coefficient (Wildman–Crippen LogP) is 0.656. The van der Waals surface area contributed by atoms with Crippen LogP contribution in [0.25, 0.3) is 0 Å². The number of hydrogen-bond acceptors (Lipinski definition) is 4. The van der Waals surface area contributed by atoms with Crippen LogP contribution in [0, 0.1) is 0 Å². The summed E-state index contributed by atoms with van der Waals surface area (Å²) in [7, 11) is 0. The van der Waals surface area contributed by atoms with Gasteiger partial charge in [-0.05, 0) is 25.7 Å². The molecule has 1 fully saturated rings. The Kier molecular flexibility index (Phi) is 2.66. The summed E-state index contributed by atoms with van der Waals surface area (Å²) < 4.78 is 0. The van der Waals surface area contributed by atoms with Gasteiger partial charge in [0.15, 0.2) is 0 Å². The normalized spacial score (nSPS) is 23.1. The average molecular weight is 232 g/mol. The summed E-state index contributed by atoms with van der Waals surface area (Å²) in [6, 6.07) is 0.170. The molecule has 0 bridgehead atoms. The summed E-state index contributed by atoms with van der Waals surface area (Å²) in [6.45, 7) is 0.692. The molecule has 2 heterocycles. The molecule has 0 spiro atoms. The van der Waals surface area contributed by atoms with Gasteiger partial charge in [-0.25, -0.2) is 9.97 Å². The highest BCUT2D eigenvalue weighted by atomic mass is 16.1. The van der Waals surface area contributed by atoms with Gasteiger partial charge in [0.2, 0.25) is 5.91 Å². The van der Waals surface area contributed by atoms with Gasteiger partial charge in [-0.1, -0.05) is 0 Å². The third-order valence-electron chi connectivity index (χ3n) is 3.44. The van der Waals surface area contributed by atoms with Crippen LogP contribution < -0.4 is 10.6 Å². The molecule has 5 nitrogen and oxygen atoms in total. The second-order valence-electron chi connectivity index (χ2n) is 4.70. The molecule has 1 saturated heterocycles. The van der Waals surface area contributed by atoms with E-state index < -0.39 is 0 Å². The number of rotatable bonds is 2. The van der Waals surface area contributed by atoms with Crippen LogP contribution in [0.3, 0.4) is 0 Å². The van der Waals surface area contributed by atoms with E-state index in [1.165, 1.54) is 24.1 Å². The molecule has 1 aliphatic heterocycles. The molecule has 1 atom stereocenters. The van der Waals surface area contributed by atoms with Crippen molar-refractivity contribution in [2.24, 2.45) is 0 Å². The number of fused-ring (bicyclic) bond motifs is 1. The molecule has 90 valence electrons. The maximum absolute atomic E-state index is 11.1. The largest absolute Gasteiger partial charge is 0.365 e. The summed E-state index contributed by atoms with van der Waals surface area (Å²) in [4.78, 5) is 19.8. The van der Waals surface area contributed by atoms with Gasteiger partial charge in [-0.3, -0.25) is 4.79 Å². The number of hydrogen-bond donors (Lipinski definition) is 2. The van der Waals surface area contributed by atoms with Crippen molar-refractivity contribution in [1.29, 1.82) is 0 Å². The fourth-order valence-electron chi connectivity index (χ4n) is 2.55. The molecule has 0 saturated carbocycles. The van der Waals surface area contributed by atoms with Gasteiger partial charge >= 0.3 is 0 Å². The molecule has 2 aliphatic rings. The van der Waals surface area contributed by atoms with Crippen LogP contribution in [-0.4, -0.2) is 28.5 Å². The first kappa shape index (κ1) is 10.5. The monoisotopic (exact) mass is 232 g/mol. The SMILES string of the molecule is O=C1CC(Nc2ncnc3c2CCCC3)CN1. The van der Waals surface area contributed by atoms with E-state index in [1.807, 2.05) is 0 Å². The summed E-state index contributed by atoms with van der Waals surface area (Å²) in [5.74, 6) is 1.04. The zero-order chi connectivity index (χ0) is 11.7. The van der Waals surface area contributed by atoms with Crippen molar-refractivity contribution in [1.82, 2.24) is 15.3 Å². The van der Waals surface area contributed by atoms with E-state index in [0.29, 0.717) is 13.0 Å². The fourth-order valence-corrected chi connectivity index (χ4v) is 2.55. The van der Waals surface area contributed by atoms with Gasteiger partial charge in [0, 0.05) is 24.2 Å². The first-order valence-corrected chi connectivity index (χ1v) is 6.19.